The van der Waals surface area contributed by atoms with Gasteiger partial charge in [-0.1, -0.05) is 31.0 Å². The van der Waals surface area contributed by atoms with Crippen molar-refractivity contribution in [3.8, 4) is 17.2 Å². The summed E-state index contributed by atoms with van der Waals surface area (Å²) in [5.41, 5.74) is 1.76. The van der Waals surface area contributed by atoms with Crippen LogP contribution < -0.4 is 9.47 Å². The largest absolute Gasteiger partial charge is 0.507 e. The quantitative estimate of drug-likeness (QED) is 0.361. The lowest BCUT2D eigenvalue weighted by molar-refractivity contribution is -0.139. The lowest BCUT2D eigenvalue weighted by Gasteiger charge is -2.26. The second-order valence-corrected chi connectivity index (χ2v) is 7.71. The molecule has 1 heterocycles. The van der Waals surface area contributed by atoms with Crippen molar-refractivity contribution in [2.24, 2.45) is 0 Å². The van der Waals surface area contributed by atoms with Crippen LogP contribution >= 0.6 is 0 Å². The fraction of sp³-hybridized carbons (Fsp3) is 0.360. The van der Waals surface area contributed by atoms with Crippen molar-refractivity contribution in [2.45, 2.75) is 39.7 Å². The van der Waals surface area contributed by atoms with Gasteiger partial charge in [0.1, 0.15) is 11.5 Å². The number of aliphatic hydroxyl groups excluding tert-OH is 1. The van der Waals surface area contributed by atoms with E-state index in [9.17, 15) is 19.8 Å². The predicted octanol–water partition coefficient (Wildman–Crippen LogP) is 4.33. The summed E-state index contributed by atoms with van der Waals surface area (Å²) >= 11 is 0. The van der Waals surface area contributed by atoms with Gasteiger partial charge in [-0.2, -0.15) is 0 Å². The summed E-state index contributed by atoms with van der Waals surface area (Å²) in [6.45, 7) is 6.36. The van der Waals surface area contributed by atoms with Crippen molar-refractivity contribution in [1.82, 2.24) is 4.90 Å². The molecule has 170 valence electrons. The van der Waals surface area contributed by atoms with E-state index in [1.165, 1.54) is 18.1 Å². The maximum absolute atomic E-state index is 13.1. The molecule has 1 atom stereocenters. The minimum absolute atomic E-state index is 0.0110. The van der Waals surface area contributed by atoms with Gasteiger partial charge in [-0.3, -0.25) is 9.59 Å². The number of hydrogen-bond acceptors (Lipinski definition) is 6. The molecule has 0 bridgehead atoms. The van der Waals surface area contributed by atoms with Crippen LogP contribution in [-0.2, 0) is 9.59 Å². The number of phenolic OH excluding ortho intramolecular Hbond substituents is 1. The molecule has 0 aliphatic carbocycles. The first kappa shape index (κ1) is 23.2. The lowest BCUT2D eigenvalue weighted by Crippen LogP contribution is -2.30. The van der Waals surface area contributed by atoms with E-state index in [2.05, 4.69) is 0 Å². The van der Waals surface area contributed by atoms with Crippen LogP contribution in [0.4, 0.5) is 0 Å². The van der Waals surface area contributed by atoms with Crippen LogP contribution in [-0.4, -0.2) is 47.1 Å². The van der Waals surface area contributed by atoms with Crippen molar-refractivity contribution in [1.29, 1.82) is 0 Å². The van der Waals surface area contributed by atoms with Crippen LogP contribution in [0.1, 0.15) is 49.4 Å². The molecule has 2 N–H and O–H groups in total. The van der Waals surface area contributed by atoms with Crippen molar-refractivity contribution in [3.05, 3.63) is 58.7 Å². The number of hydrogen-bond donors (Lipinski definition) is 2. The van der Waals surface area contributed by atoms with Gasteiger partial charge in [0.2, 0.25) is 0 Å². The fourth-order valence-corrected chi connectivity index (χ4v) is 3.91. The van der Waals surface area contributed by atoms with E-state index in [-0.39, 0.29) is 22.8 Å². The highest BCUT2D eigenvalue weighted by Crippen LogP contribution is 2.43. The molecular formula is C25H29NO6. The Bertz CT molecular complexity index is 1060. The van der Waals surface area contributed by atoms with Gasteiger partial charge in [-0.25, -0.2) is 0 Å². The van der Waals surface area contributed by atoms with E-state index in [4.69, 9.17) is 9.47 Å². The number of nitrogens with zero attached hydrogens (tertiary/aromatic N) is 1. The summed E-state index contributed by atoms with van der Waals surface area (Å²) in [4.78, 5) is 27.5. The number of carbonyl (C=O) groups excluding carboxylic acids is 2. The molecule has 1 aliphatic heterocycles. The summed E-state index contributed by atoms with van der Waals surface area (Å²) in [5, 5.41) is 21.4. The number of ether oxygens (including phenoxy) is 2. The Labute approximate surface area is 187 Å². The van der Waals surface area contributed by atoms with Crippen LogP contribution in [0.5, 0.6) is 17.2 Å². The summed E-state index contributed by atoms with van der Waals surface area (Å²) in [6, 6.07) is 9.15. The molecule has 1 saturated heterocycles. The molecule has 0 radical (unpaired) electrons. The Hall–Kier alpha value is -3.48. The molecule has 1 fully saturated rings. The van der Waals surface area contributed by atoms with Crippen LogP contribution in [0.2, 0.25) is 0 Å². The van der Waals surface area contributed by atoms with Gasteiger partial charge in [-0.05, 0) is 50.1 Å². The molecule has 7 nitrogen and oxygen atoms in total. The van der Waals surface area contributed by atoms with Gasteiger partial charge >= 0.3 is 0 Å². The number of aromatic hydroxyl groups is 1. The first-order valence-electron chi connectivity index (χ1n) is 10.7. The molecule has 1 unspecified atom stereocenters. The minimum atomic E-state index is -0.813. The number of carbonyl (C=O) groups is 2. The highest BCUT2D eigenvalue weighted by atomic mass is 16.5. The summed E-state index contributed by atoms with van der Waals surface area (Å²) < 4.78 is 10.9. The monoisotopic (exact) mass is 439 g/mol. The molecule has 1 amide bonds. The van der Waals surface area contributed by atoms with E-state index in [0.717, 1.165) is 12.0 Å². The van der Waals surface area contributed by atoms with Crippen LogP contribution in [0.15, 0.2) is 42.0 Å². The standard InChI is InChI=1S/C25H29NO6/c1-5-7-12-26-22(16-9-10-18(27)20(14-16)32-6-2)21(24(29)25(26)30)23(28)17-13-15(3)8-11-19(17)31-4/h8-11,13-14,22,27-28H,5-7,12H2,1-4H3/b23-21+. The third-order valence-corrected chi connectivity index (χ3v) is 5.50. The summed E-state index contributed by atoms with van der Waals surface area (Å²) in [5.74, 6) is -1.10. The number of amides is 1. The number of methoxy groups -OCH3 is 1. The first-order chi connectivity index (χ1) is 15.3. The number of aliphatic hydroxyl groups is 1. The zero-order valence-corrected chi connectivity index (χ0v) is 18.8. The van der Waals surface area contributed by atoms with Crippen molar-refractivity contribution < 1.29 is 29.3 Å². The molecule has 0 saturated carbocycles. The SMILES string of the molecule is CCCCN1C(=O)C(=O)/C(=C(/O)c2cc(C)ccc2OC)C1c1ccc(O)c(OCC)c1. The van der Waals surface area contributed by atoms with E-state index in [1.807, 2.05) is 19.9 Å². The Balaban J connectivity index is 2.24. The molecule has 2 aromatic carbocycles. The third-order valence-electron chi connectivity index (χ3n) is 5.50. The topological polar surface area (TPSA) is 96.3 Å². The highest BCUT2D eigenvalue weighted by molar-refractivity contribution is 6.46. The second kappa shape index (κ2) is 9.77. The van der Waals surface area contributed by atoms with E-state index in [1.54, 1.807) is 31.2 Å². The molecule has 2 aromatic rings. The Morgan fingerprint density at radius 1 is 1.09 bits per heavy atom. The number of unbranched alkanes of at least 4 members (excludes halogenated alkanes) is 1. The zero-order chi connectivity index (χ0) is 23.4. The van der Waals surface area contributed by atoms with Gasteiger partial charge in [0.25, 0.3) is 11.7 Å². The van der Waals surface area contributed by atoms with Crippen molar-refractivity contribution in [2.75, 3.05) is 20.3 Å². The predicted molar refractivity (Wildman–Crippen MR) is 121 cm³/mol. The number of aryl methyl sites for hydroxylation is 1. The summed E-state index contributed by atoms with van der Waals surface area (Å²) in [6.07, 6.45) is 1.54. The Kier molecular flexibility index (Phi) is 7.08. The first-order valence-corrected chi connectivity index (χ1v) is 10.7. The number of Topliss-reactive ketones (excluding diaryl/α,β-unsaturated/α-hetero) is 1. The normalized spacial score (nSPS) is 17.6. The van der Waals surface area contributed by atoms with Crippen LogP contribution in [0, 0.1) is 6.92 Å². The molecular weight excluding hydrogens is 410 g/mol. The van der Waals surface area contributed by atoms with Gasteiger partial charge in [-0.15, -0.1) is 0 Å². The molecule has 1 aliphatic rings. The number of rotatable bonds is 8. The Morgan fingerprint density at radius 3 is 2.50 bits per heavy atom. The molecule has 0 spiro atoms. The van der Waals surface area contributed by atoms with Crippen LogP contribution in [0.3, 0.4) is 0 Å². The van der Waals surface area contributed by atoms with Gasteiger partial charge < -0.3 is 24.6 Å². The highest BCUT2D eigenvalue weighted by Gasteiger charge is 2.46. The maximum Gasteiger partial charge on any atom is 0.295 e. The molecule has 7 heteroatoms. The van der Waals surface area contributed by atoms with Gasteiger partial charge in [0.15, 0.2) is 11.5 Å². The summed E-state index contributed by atoms with van der Waals surface area (Å²) in [7, 11) is 1.48. The lowest BCUT2D eigenvalue weighted by atomic mass is 9.94. The third kappa shape index (κ3) is 4.28. The number of phenols is 1. The number of ketones is 1. The van der Waals surface area contributed by atoms with Gasteiger partial charge in [0.05, 0.1) is 30.9 Å². The van der Waals surface area contributed by atoms with Crippen molar-refractivity contribution in [3.63, 3.8) is 0 Å². The molecule has 0 aromatic heterocycles. The molecule has 32 heavy (non-hydrogen) atoms. The second-order valence-electron chi connectivity index (χ2n) is 7.71. The zero-order valence-electron chi connectivity index (χ0n) is 18.8. The van der Waals surface area contributed by atoms with E-state index >= 15 is 0 Å². The van der Waals surface area contributed by atoms with E-state index < -0.39 is 17.7 Å². The van der Waals surface area contributed by atoms with Crippen molar-refractivity contribution >= 4 is 17.4 Å². The number of likely N-dealkylation sites (tertiary alicyclic amines) is 1. The minimum Gasteiger partial charge on any atom is -0.507 e. The maximum atomic E-state index is 13.1. The Morgan fingerprint density at radius 2 is 1.84 bits per heavy atom. The number of benzene rings is 2. The average Bonchev–Trinajstić information content (AvgIpc) is 3.03. The fourth-order valence-electron chi connectivity index (χ4n) is 3.91. The smallest absolute Gasteiger partial charge is 0.295 e. The molecule has 3 rings (SSSR count). The van der Waals surface area contributed by atoms with Crippen LogP contribution in [0.25, 0.3) is 5.76 Å². The average molecular weight is 440 g/mol. The van der Waals surface area contributed by atoms with Gasteiger partial charge in [0, 0.05) is 6.54 Å². The van der Waals surface area contributed by atoms with E-state index in [0.29, 0.717) is 36.4 Å².